The fourth-order valence-corrected chi connectivity index (χ4v) is 5.62. The van der Waals surface area contributed by atoms with E-state index in [-0.39, 0.29) is 18.2 Å². The Kier molecular flexibility index (Phi) is 7.25. The second-order valence-electron chi connectivity index (χ2n) is 6.48. The molecule has 2 aromatic carbocycles. The number of benzene rings is 2. The molecule has 0 aliphatic heterocycles. The topological polar surface area (TPSA) is 72.7 Å². The number of aromatic nitrogens is 4. The van der Waals surface area contributed by atoms with Crippen LogP contribution in [-0.4, -0.2) is 38.0 Å². The summed E-state index contributed by atoms with van der Waals surface area (Å²) in [6.45, 7) is 0.859. The first-order valence-corrected chi connectivity index (χ1v) is 12.3. The van der Waals surface area contributed by atoms with Crippen LogP contribution >= 0.6 is 34.9 Å². The van der Waals surface area contributed by atoms with Gasteiger partial charge in [0.15, 0.2) is 9.50 Å². The molecule has 0 bridgehead atoms. The summed E-state index contributed by atoms with van der Waals surface area (Å²) in [5, 5.41) is 12.1. The Hall–Kier alpha value is -2.80. The van der Waals surface area contributed by atoms with Crippen LogP contribution in [0.1, 0.15) is 11.4 Å². The maximum atomic E-state index is 12.0. The Balaban J connectivity index is 1.50. The van der Waals surface area contributed by atoms with Crippen molar-refractivity contribution in [2.45, 2.75) is 21.8 Å². The number of carbonyl (C=O) groups is 1. The first kappa shape index (κ1) is 21.4. The van der Waals surface area contributed by atoms with Crippen LogP contribution in [0.3, 0.4) is 0 Å². The van der Waals surface area contributed by atoms with Crippen molar-refractivity contribution < 1.29 is 4.79 Å². The lowest BCUT2D eigenvalue weighted by molar-refractivity contribution is -0.118. The van der Waals surface area contributed by atoms with E-state index >= 15 is 0 Å². The van der Waals surface area contributed by atoms with Gasteiger partial charge in [-0.05, 0) is 17.7 Å². The summed E-state index contributed by atoms with van der Waals surface area (Å²) in [5.41, 5.74) is 2.15. The van der Waals surface area contributed by atoms with E-state index in [1.54, 1.807) is 23.1 Å². The molecule has 0 atom stereocenters. The predicted octanol–water partition coefficient (Wildman–Crippen LogP) is 4.07. The third-order valence-corrected chi connectivity index (χ3v) is 7.44. The van der Waals surface area contributed by atoms with Crippen molar-refractivity contribution in [1.29, 1.82) is 0 Å². The number of rotatable bonds is 9. The molecule has 156 valence electrons. The van der Waals surface area contributed by atoms with Crippen LogP contribution in [0.4, 0.5) is 0 Å². The van der Waals surface area contributed by atoms with E-state index in [2.05, 4.69) is 49.2 Å². The summed E-state index contributed by atoms with van der Waals surface area (Å²) < 4.78 is 4.23. The van der Waals surface area contributed by atoms with E-state index in [1.165, 1.54) is 16.5 Å². The zero-order valence-electron chi connectivity index (χ0n) is 16.5. The molecule has 31 heavy (non-hydrogen) atoms. The van der Waals surface area contributed by atoms with Crippen LogP contribution in [0, 0.1) is 12.3 Å². The molecule has 0 saturated heterocycles. The summed E-state index contributed by atoms with van der Waals surface area (Å²) in [6, 6.07) is 18.3. The quantitative estimate of drug-likeness (QED) is 0.297. The third kappa shape index (κ3) is 5.67. The SMILES string of the molecule is C#CCNC(=O)CSc1nnc(CSc2nc3ccccc3s2)n1Cc1ccccc1. The van der Waals surface area contributed by atoms with Crippen molar-refractivity contribution in [2.75, 3.05) is 12.3 Å². The molecule has 0 aliphatic carbocycles. The molecule has 4 aromatic rings. The maximum Gasteiger partial charge on any atom is 0.231 e. The first-order valence-electron chi connectivity index (χ1n) is 9.50. The fourth-order valence-electron chi connectivity index (χ4n) is 2.83. The highest BCUT2D eigenvalue weighted by Crippen LogP contribution is 2.31. The van der Waals surface area contributed by atoms with Gasteiger partial charge in [-0.1, -0.05) is 71.9 Å². The van der Waals surface area contributed by atoms with Gasteiger partial charge in [0.2, 0.25) is 5.91 Å². The second kappa shape index (κ2) is 10.5. The number of carbonyl (C=O) groups excluding carboxylic acids is 1. The van der Waals surface area contributed by atoms with Crippen molar-refractivity contribution in [3.8, 4) is 12.3 Å². The molecule has 4 rings (SSSR count). The van der Waals surface area contributed by atoms with Crippen molar-refractivity contribution in [1.82, 2.24) is 25.1 Å². The molecular weight excluding hydrogens is 446 g/mol. The number of hydrogen-bond donors (Lipinski definition) is 1. The van der Waals surface area contributed by atoms with E-state index in [0.717, 1.165) is 21.2 Å². The Morgan fingerprint density at radius 1 is 1.10 bits per heavy atom. The Bertz CT molecular complexity index is 1180. The number of para-hydroxylation sites is 1. The van der Waals surface area contributed by atoms with Crippen LogP contribution in [0.2, 0.25) is 0 Å². The highest BCUT2D eigenvalue weighted by molar-refractivity contribution is 8.00. The normalized spacial score (nSPS) is 10.8. The molecule has 6 nitrogen and oxygen atoms in total. The molecule has 1 amide bonds. The van der Waals surface area contributed by atoms with Crippen LogP contribution in [0.15, 0.2) is 64.1 Å². The van der Waals surface area contributed by atoms with E-state index < -0.39 is 0 Å². The number of hydrogen-bond acceptors (Lipinski definition) is 7. The fraction of sp³-hybridized carbons (Fsp3) is 0.182. The Labute approximate surface area is 192 Å². The van der Waals surface area contributed by atoms with E-state index in [1.807, 2.05) is 36.4 Å². The number of thiazole rings is 1. The number of nitrogens with one attached hydrogen (secondary N) is 1. The molecule has 0 aliphatic rings. The monoisotopic (exact) mass is 465 g/mol. The molecule has 0 fully saturated rings. The van der Waals surface area contributed by atoms with Gasteiger partial charge in [0, 0.05) is 0 Å². The van der Waals surface area contributed by atoms with Crippen molar-refractivity contribution in [2.24, 2.45) is 0 Å². The number of amides is 1. The molecular formula is C22H19N5OS3. The van der Waals surface area contributed by atoms with Gasteiger partial charge < -0.3 is 9.88 Å². The van der Waals surface area contributed by atoms with Crippen molar-refractivity contribution in [3.63, 3.8) is 0 Å². The standard InChI is InChI=1S/C22H19N5OS3/c1-2-12-23-20(28)15-29-21-26-25-19(27(21)13-16-8-4-3-5-9-16)14-30-22-24-17-10-6-7-11-18(17)31-22/h1,3-11H,12-15H2,(H,23,28). The van der Waals surface area contributed by atoms with Crippen molar-refractivity contribution in [3.05, 3.63) is 66.0 Å². The highest BCUT2D eigenvalue weighted by Gasteiger charge is 2.16. The van der Waals surface area contributed by atoms with E-state index in [0.29, 0.717) is 17.5 Å². The van der Waals surface area contributed by atoms with Crippen molar-refractivity contribution >= 4 is 51.0 Å². The lowest BCUT2D eigenvalue weighted by Gasteiger charge is -2.10. The van der Waals surface area contributed by atoms with Gasteiger partial charge in [-0.2, -0.15) is 0 Å². The molecule has 0 radical (unpaired) electrons. The van der Waals surface area contributed by atoms with Crippen LogP contribution in [-0.2, 0) is 17.1 Å². The lowest BCUT2D eigenvalue weighted by Crippen LogP contribution is -2.25. The number of fused-ring (bicyclic) bond motifs is 1. The molecule has 2 heterocycles. The smallest absolute Gasteiger partial charge is 0.231 e. The zero-order valence-corrected chi connectivity index (χ0v) is 19.0. The van der Waals surface area contributed by atoms with E-state index in [4.69, 9.17) is 6.42 Å². The second-order valence-corrected chi connectivity index (χ2v) is 9.67. The minimum Gasteiger partial charge on any atom is -0.344 e. The minimum absolute atomic E-state index is 0.123. The molecule has 0 spiro atoms. The van der Waals surface area contributed by atoms with Gasteiger partial charge in [-0.25, -0.2) is 4.98 Å². The third-order valence-electron chi connectivity index (χ3n) is 4.30. The van der Waals surface area contributed by atoms with Gasteiger partial charge >= 0.3 is 0 Å². The predicted molar refractivity (Wildman–Crippen MR) is 127 cm³/mol. The van der Waals surface area contributed by atoms with Gasteiger partial charge in [0.1, 0.15) is 5.82 Å². The summed E-state index contributed by atoms with van der Waals surface area (Å²) in [4.78, 5) is 16.6. The summed E-state index contributed by atoms with van der Waals surface area (Å²) in [7, 11) is 0. The van der Waals surface area contributed by atoms with Crippen LogP contribution in [0.25, 0.3) is 10.2 Å². The molecule has 9 heteroatoms. The molecule has 2 aromatic heterocycles. The molecule has 1 N–H and O–H groups in total. The maximum absolute atomic E-state index is 12.0. The lowest BCUT2D eigenvalue weighted by atomic mass is 10.2. The van der Waals surface area contributed by atoms with Gasteiger partial charge in [-0.3, -0.25) is 4.79 Å². The minimum atomic E-state index is -0.123. The average molecular weight is 466 g/mol. The number of terminal acetylenes is 1. The number of thioether (sulfide) groups is 2. The zero-order chi connectivity index (χ0) is 21.5. The van der Waals surface area contributed by atoms with Gasteiger partial charge in [0.05, 0.1) is 34.8 Å². The summed E-state index contributed by atoms with van der Waals surface area (Å²) >= 11 is 4.68. The average Bonchev–Trinajstić information content (AvgIpc) is 3.39. The Morgan fingerprint density at radius 2 is 1.90 bits per heavy atom. The molecule has 0 unspecified atom stereocenters. The van der Waals surface area contributed by atoms with Gasteiger partial charge in [-0.15, -0.1) is 28.0 Å². The summed E-state index contributed by atoms with van der Waals surface area (Å²) in [5.74, 6) is 4.01. The highest BCUT2D eigenvalue weighted by atomic mass is 32.2. The summed E-state index contributed by atoms with van der Waals surface area (Å²) in [6.07, 6.45) is 5.20. The van der Waals surface area contributed by atoms with Crippen LogP contribution < -0.4 is 5.32 Å². The Morgan fingerprint density at radius 3 is 2.71 bits per heavy atom. The first-order chi connectivity index (χ1) is 15.2. The van der Waals surface area contributed by atoms with Crippen LogP contribution in [0.5, 0.6) is 0 Å². The van der Waals surface area contributed by atoms with E-state index in [9.17, 15) is 4.79 Å². The molecule has 0 saturated carbocycles. The largest absolute Gasteiger partial charge is 0.344 e. The van der Waals surface area contributed by atoms with Gasteiger partial charge in [0.25, 0.3) is 0 Å². The number of nitrogens with zero attached hydrogens (tertiary/aromatic N) is 4.